The molecule has 0 amide bonds. The van der Waals surface area contributed by atoms with Gasteiger partial charge in [-0.1, -0.05) is 29.8 Å². The van der Waals surface area contributed by atoms with Crippen LogP contribution in [0.5, 0.6) is 11.5 Å². The largest absolute Gasteiger partial charge is 0.497 e. The van der Waals surface area contributed by atoms with Crippen LogP contribution in [0, 0.1) is 0 Å². The lowest BCUT2D eigenvalue weighted by Gasteiger charge is -2.16. The molecule has 106 valence electrons. The summed E-state index contributed by atoms with van der Waals surface area (Å²) in [5.41, 5.74) is 1.000. The van der Waals surface area contributed by atoms with Crippen molar-refractivity contribution in [3.63, 3.8) is 0 Å². The van der Waals surface area contributed by atoms with E-state index in [1.54, 1.807) is 7.11 Å². The van der Waals surface area contributed by atoms with Gasteiger partial charge in [0.15, 0.2) is 0 Å². The average Bonchev–Trinajstić information content (AvgIpc) is 2.50. The lowest BCUT2D eigenvalue weighted by atomic mass is 10.0. The number of hydrogen-bond donors (Lipinski definition) is 1. The van der Waals surface area contributed by atoms with Crippen molar-refractivity contribution in [1.29, 1.82) is 0 Å². The molecule has 0 aliphatic carbocycles. The van der Waals surface area contributed by atoms with Crippen molar-refractivity contribution >= 4 is 11.6 Å². The standard InChI is InChI=1S/C16H17ClO3/c1-19-15-3-2-4-16(9-15)20-11-13(10-18)12-5-7-14(17)8-6-12/h2-9,13,18H,10-11H2,1H3. The first-order chi connectivity index (χ1) is 9.72. The Morgan fingerprint density at radius 1 is 1.10 bits per heavy atom. The Morgan fingerprint density at radius 3 is 2.45 bits per heavy atom. The first-order valence-corrected chi connectivity index (χ1v) is 6.74. The summed E-state index contributed by atoms with van der Waals surface area (Å²) in [6, 6.07) is 14.8. The van der Waals surface area contributed by atoms with Gasteiger partial charge in [-0.3, -0.25) is 0 Å². The number of aliphatic hydroxyl groups is 1. The molecule has 0 heterocycles. The zero-order valence-electron chi connectivity index (χ0n) is 11.3. The average molecular weight is 293 g/mol. The summed E-state index contributed by atoms with van der Waals surface area (Å²) in [5, 5.41) is 10.2. The van der Waals surface area contributed by atoms with Crippen LogP contribution in [-0.4, -0.2) is 25.4 Å². The van der Waals surface area contributed by atoms with Gasteiger partial charge in [0.2, 0.25) is 0 Å². The molecule has 0 saturated heterocycles. The molecule has 0 fully saturated rings. The Hall–Kier alpha value is -1.71. The molecule has 1 atom stereocenters. The van der Waals surface area contributed by atoms with Crippen LogP contribution in [0.2, 0.25) is 5.02 Å². The molecule has 3 nitrogen and oxygen atoms in total. The first kappa shape index (κ1) is 14.7. The zero-order chi connectivity index (χ0) is 14.4. The Labute approximate surface area is 123 Å². The van der Waals surface area contributed by atoms with Gasteiger partial charge < -0.3 is 14.6 Å². The SMILES string of the molecule is COc1cccc(OCC(CO)c2ccc(Cl)cc2)c1. The quantitative estimate of drug-likeness (QED) is 0.885. The van der Waals surface area contributed by atoms with E-state index in [-0.39, 0.29) is 12.5 Å². The number of benzene rings is 2. The van der Waals surface area contributed by atoms with Crippen molar-refractivity contribution in [2.45, 2.75) is 5.92 Å². The second-order valence-electron chi connectivity index (χ2n) is 4.42. The molecule has 0 aliphatic rings. The fraction of sp³-hybridized carbons (Fsp3) is 0.250. The Bertz CT molecular complexity index is 540. The summed E-state index contributed by atoms with van der Waals surface area (Å²) >= 11 is 5.86. The molecule has 0 radical (unpaired) electrons. The molecule has 2 aromatic carbocycles. The maximum Gasteiger partial charge on any atom is 0.123 e. The van der Waals surface area contributed by atoms with Crippen molar-refractivity contribution in [3.8, 4) is 11.5 Å². The van der Waals surface area contributed by atoms with E-state index in [4.69, 9.17) is 21.1 Å². The smallest absolute Gasteiger partial charge is 0.123 e. The highest BCUT2D eigenvalue weighted by molar-refractivity contribution is 6.30. The molecule has 0 aliphatic heterocycles. The van der Waals surface area contributed by atoms with Crippen LogP contribution < -0.4 is 9.47 Å². The predicted molar refractivity (Wildman–Crippen MR) is 79.8 cm³/mol. The number of ether oxygens (including phenoxy) is 2. The lowest BCUT2D eigenvalue weighted by Crippen LogP contribution is -2.14. The Balaban J connectivity index is 2.01. The van der Waals surface area contributed by atoms with Crippen molar-refractivity contribution in [2.24, 2.45) is 0 Å². The minimum absolute atomic E-state index is 0.0194. The molecular formula is C16H17ClO3. The van der Waals surface area contributed by atoms with Crippen LogP contribution in [-0.2, 0) is 0 Å². The summed E-state index contributed by atoms with van der Waals surface area (Å²) in [6.07, 6.45) is 0. The second-order valence-corrected chi connectivity index (χ2v) is 4.86. The van der Waals surface area contributed by atoms with Gasteiger partial charge in [0.1, 0.15) is 11.5 Å². The van der Waals surface area contributed by atoms with E-state index in [2.05, 4.69) is 0 Å². The summed E-state index contributed by atoms with van der Waals surface area (Å²) in [4.78, 5) is 0. The van der Waals surface area contributed by atoms with Crippen molar-refractivity contribution in [2.75, 3.05) is 20.3 Å². The molecule has 0 spiro atoms. The summed E-state index contributed by atoms with van der Waals surface area (Å²) in [5.74, 6) is 1.38. The molecule has 2 rings (SSSR count). The number of hydrogen-bond acceptors (Lipinski definition) is 3. The summed E-state index contributed by atoms with van der Waals surface area (Å²) < 4.78 is 10.9. The highest BCUT2D eigenvalue weighted by atomic mass is 35.5. The maximum atomic E-state index is 9.49. The van der Waals surface area contributed by atoms with Gasteiger partial charge in [0, 0.05) is 17.0 Å². The fourth-order valence-electron chi connectivity index (χ4n) is 1.88. The van der Waals surface area contributed by atoms with Gasteiger partial charge in [0.25, 0.3) is 0 Å². The molecule has 1 N–H and O–H groups in total. The van der Waals surface area contributed by atoms with Gasteiger partial charge in [-0.15, -0.1) is 0 Å². The third kappa shape index (κ3) is 3.89. The summed E-state index contributed by atoms with van der Waals surface area (Å²) in [6.45, 7) is 0.414. The van der Waals surface area contributed by atoms with E-state index in [1.165, 1.54) is 0 Å². The van der Waals surface area contributed by atoms with Crippen molar-refractivity contribution in [3.05, 3.63) is 59.1 Å². The molecule has 2 aromatic rings. The van der Waals surface area contributed by atoms with Gasteiger partial charge in [-0.05, 0) is 29.8 Å². The Morgan fingerprint density at radius 2 is 1.80 bits per heavy atom. The van der Waals surface area contributed by atoms with E-state index < -0.39 is 0 Å². The van der Waals surface area contributed by atoms with Crippen LogP contribution in [0.25, 0.3) is 0 Å². The van der Waals surface area contributed by atoms with Gasteiger partial charge in [0.05, 0.1) is 20.3 Å². The normalized spacial score (nSPS) is 11.9. The van der Waals surface area contributed by atoms with E-state index >= 15 is 0 Å². The number of halogens is 1. The van der Waals surface area contributed by atoms with Gasteiger partial charge in [-0.25, -0.2) is 0 Å². The molecule has 0 bridgehead atoms. The molecule has 20 heavy (non-hydrogen) atoms. The number of methoxy groups -OCH3 is 1. The molecule has 0 aromatic heterocycles. The highest BCUT2D eigenvalue weighted by Gasteiger charge is 2.11. The topological polar surface area (TPSA) is 38.7 Å². The zero-order valence-corrected chi connectivity index (χ0v) is 12.0. The molecule has 0 saturated carbocycles. The number of rotatable bonds is 6. The minimum atomic E-state index is -0.0848. The second kappa shape index (κ2) is 7.17. The monoisotopic (exact) mass is 292 g/mol. The minimum Gasteiger partial charge on any atom is -0.497 e. The first-order valence-electron chi connectivity index (χ1n) is 6.36. The van der Waals surface area contributed by atoms with Crippen LogP contribution in [0.3, 0.4) is 0 Å². The van der Waals surface area contributed by atoms with Crippen LogP contribution >= 0.6 is 11.6 Å². The van der Waals surface area contributed by atoms with Crippen LogP contribution in [0.1, 0.15) is 11.5 Å². The van der Waals surface area contributed by atoms with Crippen molar-refractivity contribution in [1.82, 2.24) is 0 Å². The Kier molecular flexibility index (Phi) is 5.27. The fourth-order valence-corrected chi connectivity index (χ4v) is 2.00. The van der Waals surface area contributed by atoms with E-state index in [0.29, 0.717) is 11.6 Å². The van der Waals surface area contributed by atoms with E-state index in [9.17, 15) is 5.11 Å². The van der Waals surface area contributed by atoms with E-state index in [0.717, 1.165) is 17.1 Å². The molecule has 1 unspecified atom stereocenters. The predicted octanol–water partition coefficient (Wildman–Crippen LogP) is 3.50. The highest BCUT2D eigenvalue weighted by Crippen LogP contribution is 2.22. The number of aliphatic hydroxyl groups excluding tert-OH is 1. The molecule has 4 heteroatoms. The van der Waals surface area contributed by atoms with E-state index in [1.807, 2.05) is 48.5 Å². The third-order valence-corrected chi connectivity index (χ3v) is 3.31. The van der Waals surface area contributed by atoms with Crippen LogP contribution in [0.4, 0.5) is 0 Å². The maximum absolute atomic E-state index is 9.49. The van der Waals surface area contributed by atoms with Gasteiger partial charge >= 0.3 is 0 Å². The van der Waals surface area contributed by atoms with Crippen molar-refractivity contribution < 1.29 is 14.6 Å². The molecular weight excluding hydrogens is 276 g/mol. The summed E-state index contributed by atoms with van der Waals surface area (Å²) in [7, 11) is 1.61. The van der Waals surface area contributed by atoms with Crippen LogP contribution in [0.15, 0.2) is 48.5 Å². The third-order valence-electron chi connectivity index (χ3n) is 3.05. The lowest BCUT2D eigenvalue weighted by molar-refractivity contribution is 0.204. The van der Waals surface area contributed by atoms with Gasteiger partial charge in [-0.2, -0.15) is 0 Å².